The van der Waals surface area contributed by atoms with Crippen LogP contribution in [0, 0.1) is 0 Å². The maximum atomic E-state index is 12.5. The lowest BCUT2D eigenvalue weighted by atomic mass is 10.1. The first-order valence-corrected chi connectivity index (χ1v) is 7.72. The van der Waals surface area contributed by atoms with E-state index in [4.69, 9.17) is 27.9 Å². The number of nitrogens with zero attached hydrogens (tertiary/aromatic N) is 1. The molecule has 24 heavy (non-hydrogen) atoms. The van der Waals surface area contributed by atoms with Crippen molar-refractivity contribution in [2.75, 3.05) is 12.1 Å². The van der Waals surface area contributed by atoms with Crippen molar-refractivity contribution in [1.29, 1.82) is 0 Å². The van der Waals surface area contributed by atoms with Crippen LogP contribution in [0.5, 0.6) is 5.75 Å². The zero-order valence-corrected chi connectivity index (χ0v) is 14.1. The second kappa shape index (κ2) is 6.55. The highest BCUT2D eigenvalue weighted by molar-refractivity contribution is 6.37. The van der Waals surface area contributed by atoms with Crippen LogP contribution in [0.4, 0.5) is 5.69 Å². The number of carbonyl (C=O) groups is 2. The van der Waals surface area contributed by atoms with Crippen LogP contribution in [0.1, 0.15) is 5.56 Å². The predicted molar refractivity (Wildman–Crippen MR) is 93.1 cm³/mol. The summed E-state index contributed by atoms with van der Waals surface area (Å²) in [6.07, 6.45) is 1.44. The molecule has 2 aromatic carbocycles. The van der Waals surface area contributed by atoms with Crippen molar-refractivity contribution in [2.24, 2.45) is 0 Å². The minimum absolute atomic E-state index is 0.00356. The van der Waals surface area contributed by atoms with Gasteiger partial charge < -0.3 is 4.74 Å². The van der Waals surface area contributed by atoms with Crippen LogP contribution in [0.25, 0.3) is 6.08 Å². The molecule has 1 fully saturated rings. The number of nitrogens with one attached hydrogen (secondary N) is 1. The van der Waals surface area contributed by atoms with E-state index in [0.29, 0.717) is 27.0 Å². The highest BCUT2D eigenvalue weighted by Crippen LogP contribution is 2.34. The number of hydrazine groups is 1. The number of carbonyl (C=O) groups excluding carboxylic acids is 2. The first-order chi connectivity index (χ1) is 11.5. The number of amides is 2. The number of benzene rings is 2. The lowest BCUT2D eigenvalue weighted by Crippen LogP contribution is -2.35. The van der Waals surface area contributed by atoms with Crippen LogP contribution < -0.4 is 15.2 Å². The van der Waals surface area contributed by atoms with Gasteiger partial charge in [-0.3, -0.25) is 15.0 Å². The smallest absolute Gasteiger partial charge is 0.282 e. The summed E-state index contributed by atoms with van der Waals surface area (Å²) in [5.41, 5.74) is 3.63. The molecule has 0 spiro atoms. The van der Waals surface area contributed by atoms with Gasteiger partial charge in [0.15, 0.2) is 5.75 Å². The van der Waals surface area contributed by atoms with Gasteiger partial charge >= 0.3 is 0 Å². The number of hydrogen-bond acceptors (Lipinski definition) is 3. The van der Waals surface area contributed by atoms with Crippen LogP contribution in [0.15, 0.2) is 48.0 Å². The minimum Gasteiger partial charge on any atom is -0.494 e. The zero-order chi connectivity index (χ0) is 17.3. The Morgan fingerprint density at radius 3 is 2.29 bits per heavy atom. The number of hydrogen-bond donors (Lipinski definition) is 1. The molecule has 122 valence electrons. The third kappa shape index (κ3) is 2.96. The van der Waals surface area contributed by atoms with Gasteiger partial charge in [-0.15, -0.1) is 0 Å². The van der Waals surface area contributed by atoms with Gasteiger partial charge in [-0.1, -0.05) is 41.4 Å². The van der Waals surface area contributed by atoms with Gasteiger partial charge in [0.2, 0.25) is 0 Å². The fraction of sp³-hybridized carbons (Fsp3) is 0.0588. The summed E-state index contributed by atoms with van der Waals surface area (Å²) < 4.78 is 5.08. The first kappa shape index (κ1) is 16.4. The molecular formula is C17H12Cl2N2O3. The SMILES string of the molecule is COc1c(Cl)cc(/C=C2\C(=O)NN(c3ccccc3)C2=O)cc1Cl. The molecule has 2 aromatic rings. The molecular weight excluding hydrogens is 351 g/mol. The number of anilines is 1. The average molecular weight is 363 g/mol. The lowest BCUT2D eigenvalue weighted by Gasteiger charge is -2.13. The Kier molecular flexibility index (Phi) is 4.46. The summed E-state index contributed by atoms with van der Waals surface area (Å²) >= 11 is 12.2. The van der Waals surface area contributed by atoms with Gasteiger partial charge in [-0.2, -0.15) is 0 Å². The second-order valence-corrected chi connectivity index (χ2v) is 5.81. The zero-order valence-electron chi connectivity index (χ0n) is 12.5. The highest BCUT2D eigenvalue weighted by atomic mass is 35.5. The van der Waals surface area contributed by atoms with E-state index < -0.39 is 11.8 Å². The molecule has 3 rings (SSSR count). The third-order valence-electron chi connectivity index (χ3n) is 3.44. The molecule has 1 N–H and O–H groups in total. The van der Waals surface area contributed by atoms with Gasteiger partial charge in [-0.25, -0.2) is 5.01 Å². The van der Waals surface area contributed by atoms with E-state index in [2.05, 4.69) is 5.43 Å². The predicted octanol–water partition coefficient (Wildman–Crippen LogP) is 3.46. The van der Waals surface area contributed by atoms with E-state index in [1.54, 1.807) is 36.4 Å². The molecule has 0 saturated carbocycles. The summed E-state index contributed by atoms with van der Waals surface area (Å²) in [5, 5.41) is 1.78. The van der Waals surface area contributed by atoms with Gasteiger partial charge in [0.05, 0.1) is 22.8 Å². The van der Waals surface area contributed by atoms with Crippen molar-refractivity contribution in [1.82, 2.24) is 5.43 Å². The molecule has 1 aliphatic heterocycles. The molecule has 0 unspecified atom stereocenters. The Hall–Kier alpha value is -2.50. The van der Waals surface area contributed by atoms with Crippen LogP contribution in [0.3, 0.4) is 0 Å². The van der Waals surface area contributed by atoms with Crippen molar-refractivity contribution in [3.05, 3.63) is 63.6 Å². The first-order valence-electron chi connectivity index (χ1n) is 6.96. The van der Waals surface area contributed by atoms with Crippen LogP contribution in [-0.2, 0) is 9.59 Å². The lowest BCUT2D eigenvalue weighted by molar-refractivity contribution is -0.117. The Morgan fingerprint density at radius 1 is 1.08 bits per heavy atom. The highest BCUT2D eigenvalue weighted by Gasteiger charge is 2.34. The number of rotatable bonds is 3. The van der Waals surface area contributed by atoms with E-state index in [-0.39, 0.29) is 5.57 Å². The standard InChI is InChI=1S/C17H12Cl2N2O3/c1-24-15-13(18)8-10(9-14(15)19)7-12-16(22)20-21(17(12)23)11-5-3-2-4-6-11/h2-9H,1H3,(H,20,22)/b12-7+. The number of para-hydroxylation sites is 1. The monoisotopic (exact) mass is 362 g/mol. The molecule has 0 bridgehead atoms. The van der Waals surface area contributed by atoms with Crippen molar-refractivity contribution < 1.29 is 14.3 Å². The molecule has 1 saturated heterocycles. The molecule has 0 atom stereocenters. The summed E-state index contributed by atoms with van der Waals surface area (Å²) in [5.74, 6) is -0.602. The van der Waals surface area contributed by atoms with Crippen LogP contribution in [0.2, 0.25) is 10.0 Å². The van der Waals surface area contributed by atoms with E-state index in [1.807, 2.05) is 6.07 Å². The summed E-state index contributed by atoms with van der Waals surface area (Å²) in [6, 6.07) is 12.0. The topological polar surface area (TPSA) is 58.6 Å². The van der Waals surface area contributed by atoms with Crippen molar-refractivity contribution in [3.63, 3.8) is 0 Å². The molecule has 0 radical (unpaired) electrons. The number of halogens is 2. The van der Waals surface area contributed by atoms with Gasteiger partial charge in [0, 0.05) is 0 Å². The van der Waals surface area contributed by atoms with Crippen molar-refractivity contribution in [3.8, 4) is 5.75 Å². The van der Waals surface area contributed by atoms with E-state index >= 15 is 0 Å². The summed E-state index contributed by atoms with van der Waals surface area (Å²) in [6.45, 7) is 0. The minimum atomic E-state index is -0.494. The quantitative estimate of drug-likeness (QED) is 0.671. The van der Waals surface area contributed by atoms with Crippen LogP contribution >= 0.6 is 23.2 Å². The molecule has 1 aliphatic rings. The molecule has 7 heteroatoms. The Bertz CT molecular complexity index is 827. The Balaban J connectivity index is 1.96. The Morgan fingerprint density at radius 2 is 1.71 bits per heavy atom. The third-order valence-corrected chi connectivity index (χ3v) is 4.00. The van der Waals surface area contributed by atoms with E-state index in [1.165, 1.54) is 18.2 Å². The number of methoxy groups -OCH3 is 1. The summed E-state index contributed by atoms with van der Waals surface area (Å²) in [7, 11) is 1.46. The second-order valence-electron chi connectivity index (χ2n) is 4.99. The molecule has 0 aliphatic carbocycles. The van der Waals surface area contributed by atoms with Crippen molar-refractivity contribution >= 4 is 46.8 Å². The molecule has 5 nitrogen and oxygen atoms in total. The Labute approximate surface area is 148 Å². The maximum Gasteiger partial charge on any atom is 0.282 e. The van der Waals surface area contributed by atoms with Gasteiger partial charge in [-0.05, 0) is 35.9 Å². The average Bonchev–Trinajstić information content (AvgIpc) is 2.84. The maximum absolute atomic E-state index is 12.5. The van der Waals surface area contributed by atoms with Crippen LogP contribution in [-0.4, -0.2) is 18.9 Å². The van der Waals surface area contributed by atoms with E-state index in [0.717, 1.165) is 0 Å². The van der Waals surface area contributed by atoms with Gasteiger partial charge in [0.25, 0.3) is 11.8 Å². The largest absolute Gasteiger partial charge is 0.494 e. The van der Waals surface area contributed by atoms with Gasteiger partial charge in [0.1, 0.15) is 5.57 Å². The number of ether oxygens (including phenoxy) is 1. The normalized spacial score (nSPS) is 15.8. The fourth-order valence-corrected chi connectivity index (χ4v) is 3.00. The van der Waals surface area contributed by atoms with E-state index in [9.17, 15) is 9.59 Å². The fourth-order valence-electron chi connectivity index (χ4n) is 2.34. The molecule has 1 heterocycles. The molecule has 0 aromatic heterocycles. The van der Waals surface area contributed by atoms with Crippen molar-refractivity contribution in [2.45, 2.75) is 0 Å². The summed E-state index contributed by atoms with van der Waals surface area (Å²) in [4.78, 5) is 24.6. The molecule has 2 amide bonds.